The summed E-state index contributed by atoms with van der Waals surface area (Å²) in [5.74, 6) is -7.04. The lowest BCUT2D eigenvalue weighted by molar-refractivity contribution is -0.459. The van der Waals surface area contributed by atoms with Crippen molar-refractivity contribution in [2.24, 2.45) is 0 Å². The molecule has 0 bridgehead atoms. The van der Waals surface area contributed by atoms with Gasteiger partial charge in [-0.25, -0.2) is 4.39 Å². The van der Waals surface area contributed by atoms with E-state index in [4.69, 9.17) is 0 Å². The van der Waals surface area contributed by atoms with E-state index in [-0.39, 0.29) is 0 Å². The summed E-state index contributed by atoms with van der Waals surface area (Å²) >= 11 is 0. The van der Waals surface area contributed by atoms with Gasteiger partial charge in [0.25, 0.3) is 0 Å². The number of carbonyl (C=O) groups excluding carboxylic acids is 1. The molecular weight excluding hydrogens is 361 g/mol. The summed E-state index contributed by atoms with van der Waals surface area (Å²) in [5, 5.41) is 0. The lowest BCUT2D eigenvalue weighted by atomic mass is 10.2. The molecule has 0 saturated heterocycles. The number of halogens is 13. The summed E-state index contributed by atoms with van der Waals surface area (Å²) in [7, 11) is 0. The summed E-state index contributed by atoms with van der Waals surface area (Å²) < 4.78 is 161. The van der Waals surface area contributed by atoms with Crippen molar-refractivity contribution in [3.63, 3.8) is 0 Å². The molecule has 0 N–H and O–H groups in total. The molecule has 2 nitrogen and oxygen atoms in total. The van der Waals surface area contributed by atoms with Gasteiger partial charge in [-0.15, -0.1) is 4.90 Å². The van der Waals surface area contributed by atoms with Crippen LogP contribution in [0.5, 0.6) is 0 Å². The van der Waals surface area contributed by atoms with Gasteiger partial charge in [-0.05, 0) is 0 Å². The van der Waals surface area contributed by atoms with Crippen molar-refractivity contribution in [1.29, 1.82) is 0 Å². The predicted octanol–water partition coefficient (Wildman–Crippen LogP) is 3.73. The van der Waals surface area contributed by atoms with E-state index in [1.165, 1.54) is 0 Å². The smallest absolute Gasteiger partial charge is 0.254 e. The van der Waals surface area contributed by atoms with Gasteiger partial charge in [-0.2, -0.15) is 52.7 Å². The SMILES string of the molecule is O=C(F)C(F)(F)C(F)(F)N(C(F)(F)CF)C(F)(F)C(F)(F)F. The summed E-state index contributed by atoms with van der Waals surface area (Å²) in [4.78, 5) is 5.74. The molecule has 22 heavy (non-hydrogen) atoms. The molecule has 0 rings (SSSR count). The Kier molecular flexibility index (Phi) is 5.10. The summed E-state index contributed by atoms with van der Waals surface area (Å²) in [6.07, 6.45) is -7.32. The van der Waals surface area contributed by atoms with Crippen molar-refractivity contribution in [3.05, 3.63) is 0 Å². The number of carbonyl (C=O) groups is 1. The van der Waals surface area contributed by atoms with Crippen LogP contribution < -0.4 is 0 Å². The lowest BCUT2D eigenvalue weighted by Gasteiger charge is -2.41. The second-order valence-electron chi connectivity index (χ2n) is 3.56. The minimum Gasteiger partial charge on any atom is -0.254 e. The highest BCUT2D eigenvalue weighted by atomic mass is 19.4. The molecule has 0 saturated carbocycles. The van der Waals surface area contributed by atoms with E-state index in [0.29, 0.717) is 0 Å². The third-order valence-corrected chi connectivity index (χ3v) is 2.02. The molecule has 0 aromatic carbocycles. The van der Waals surface area contributed by atoms with Gasteiger partial charge in [0, 0.05) is 0 Å². The summed E-state index contributed by atoms with van der Waals surface area (Å²) in [5.41, 5.74) is 0. The average Bonchev–Trinajstić information content (AvgIpc) is 2.25. The van der Waals surface area contributed by atoms with Crippen LogP contribution in [0.25, 0.3) is 0 Å². The van der Waals surface area contributed by atoms with Crippen LogP contribution >= 0.6 is 0 Å². The van der Waals surface area contributed by atoms with Gasteiger partial charge >= 0.3 is 36.3 Å². The van der Waals surface area contributed by atoms with E-state index in [2.05, 4.69) is 0 Å². The number of alkyl halides is 12. The first-order chi connectivity index (χ1) is 9.37. The van der Waals surface area contributed by atoms with Crippen molar-refractivity contribution in [2.45, 2.75) is 30.2 Å². The maximum Gasteiger partial charge on any atom is 0.469 e. The summed E-state index contributed by atoms with van der Waals surface area (Å²) in [6, 6.07) is -25.9. The normalized spacial score (nSPS) is 15.4. The van der Waals surface area contributed by atoms with Gasteiger partial charge in [0.05, 0.1) is 0 Å². The Hall–Kier alpha value is -1.28. The van der Waals surface area contributed by atoms with Crippen LogP contribution in [0.15, 0.2) is 0 Å². The maximum atomic E-state index is 12.9. The van der Waals surface area contributed by atoms with Crippen molar-refractivity contribution < 1.29 is 61.9 Å². The zero-order valence-corrected chi connectivity index (χ0v) is 9.48. The van der Waals surface area contributed by atoms with E-state index < -0.39 is 47.8 Å². The standard InChI is InChI=1S/C7H2F13NO/c8-1-3(10,11)21(7(19,20)5(14,15)16)6(17,18)4(12,13)2(9)22/h1H2. The molecule has 0 spiro atoms. The van der Waals surface area contributed by atoms with Crippen molar-refractivity contribution in [3.8, 4) is 0 Å². The van der Waals surface area contributed by atoms with E-state index >= 15 is 0 Å². The van der Waals surface area contributed by atoms with Gasteiger partial charge in [0.2, 0.25) is 0 Å². The van der Waals surface area contributed by atoms with Gasteiger partial charge in [0.15, 0.2) is 6.67 Å². The molecule has 0 amide bonds. The van der Waals surface area contributed by atoms with Crippen LogP contribution in [0, 0.1) is 0 Å². The van der Waals surface area contributed by atoms with Gasteiger partial charge in [-0.3, -0.25) is 4.79 Å². The lowest BCUT2D eigenvalue weighted by Crippen LogP contribution is -2.72. The Balaban J connectivity index is 6.44. The predicted molar refractivity (Wildman–Crippen MR) is 39.8 cm³/mol. The Morgan fingerprint density at radius 2 is 1.14 bits per heavy atom. The molecule has 15 heteroatoms. The van der Waals surface area contributed by atoms with Crippen LogP contribution in [-0.2, 0) is 4.79 Å². The summed E-state index contributed by atoms with van der Waals surface area (Å²) in [6.45, 7) is -3.70. The zero-order chi connectivity index (χ0) is 18.4. The molecule has 0 aromatic heterocycles. The van der Waals surface area contributed by atoms with E-state index in [1.54, 1.807) is 0 Å². The van der Waals surface area contributed by atoms with Crippen molar-refractivity contribution in [1.82, 2.24) is 4.90 Å². The molecular formula is C7H2F13NO. The number of rotatable bonds is 6. The molecule has 0 unspecified atom stereocenters. The molecule has 0 fully saturated rings. The minimum atomic E-state index is -7.44. The van der Waals surface area contributed by atoms with Crippen molar-refractivity contribution >= 4 is 6.04 Å². The Morgan fingerprint density at radius 3 is 1.36 bits per heavy atom. The molecule has 0 aliphatic heterocycles. The fraction of sp³-hybridized carbons (Fsp3) is 0.857. The zero-order valence-electron chi connectivity index (χ0n) is 9.48. The van der Waals surface area contributed by atoms with Gasteiger partial charge < -0.3 is 0 Å². The third kappa shape index (κ3) is 3.08. The maximum absolute atomic E-state index is 12.9. The first kappa shape index (κ1) is 20.7. The molecule has 132 valence electrons. The first-order valence-corrected chi connectivity index (χ1v) is 4.51. The Labute approximate surface area is 111 Å². The molecule has 0 aliphatic rings. The molecule has 0 aromatic rings. The average molecular weight is 363 g/mol. The first-order valence-electron chi connectivity index (χ1n) is 4.51. The van der Waals surface area contributed by atoms with Crippen LogP contribution in [-0.4, -0.2) is 47.8 Å². The van der Waals surface area contributed by atoms with E-state index in [9.17, 15) is 61.9 Å². The van der Waals surface area contributed by atoms with Gasteiger partial charge in [-0.1, -0.05) is 0 Å². The third-order valence-electron chi connectivity index (χ3n) is 2.02. The number of hydrogen-bond donors (Lipinski definition) is 0. The molecule has 0 radical (unpaired) electrons. The number of hydrogen-bond acceptors (Lipinski definition) is 2. The van der Waals surface area contributed by atoms with Crippen LogP contribution in [0.2, 0.25) is 0 Å². The highest BCUT2D eigenvalue weighted by Gasteiger charge is 2.81. The largest absolute Gasteiger partial charge is 0.469 e. The van der Waals surface area contributed by atoms with Crippen LogP contribution in [0.4, 0.5) is 57.1 Å². The molecule has 0 aliphatic carbocycles. The Bertz CT molecular complexity index is 427. The second-order valence-corrected chi connectivity index (χ2v) is 3.56. The Morgan fingerprint density at radius 1 is 0.773 bits per heavy atom. The van der Waals surface area contributed by atoms with Crippen LogP contribution in [0.1, 0.15) is 0 Å². The van der Waals surface area contributed by atoms with Crippen molar-refractivity contribution in [2.75, 3.05) is 6.67 Å². The minimum absolute atomic E-state index is 3.70. The monoisotopic (exact) mass is 363 g/mol. The number of nitrogens with zero attached hydrogens (tertiary/aromatic N) is 1. The second kappa shape index (κ2) is 5.42. The van der Waals surface area contributed by atoms with E-state index in [1.807, 2.05) is 0 Å². The van der Waals surface area contributed by atoms with Crippen LogP contribution in [0.3, 0.4) is 0 Å². The van der Waals surface area contributed by atoms with Gasteiger partial charge in [0.1, 0.15) is 0 Å². The molecule has 0 heterocycles. The highest BCUT2D eigenvalue weighted by molar-refractivity contribution is 5.77. The van der Waals surface area contributed by atoms with E-state index in [0.717, 1.165) is 0 Å². The fourth-order valence-corrected chi connectivity index (χ4v) is 1.03. The quantitative estimate of drug-likeness (QED) is 0.407. The fourth-order valence-electron chi connectivity index (χ4n) is 1.03. The highest BCUT2D eigenvalue weighted by Crippen LogP contribution is 2.52. The molecule has 0 atom stereocenters. The topological polar surface area (TPSA) is 20.3 Å².